The number of rotatable bonds is 4. The minimum Gasteiger partial charge on any atom is -0.466 e. The van der Waals surface area contributed by atoms with Crippen LogP contribution in [-0.2, 0) is 11.2 Å². The van der Waals surface area contributed by atoms with Gasteiger partial charge in [0, 0.05) is 19.0 Å². The van der Waals surface area contributed by atoms with Gasteiger partial charge in [0.15, 0.2) is 0 Å². The molecule has 94 valence electrons. The molecule has 0 aliphatic carbocycles. The van der Waals surface area contributed by atoms with Gasteiger partial charge in [0.1, 0.15) is 17.3 Å². The monoisotopic (exact) mass is 264 g/mol. The van der Waals surface area contributed by atoms with Gasteiger partial charge in [-0.2, -0.15) is 0 Å². The number of carbonyl (C=O) groups excluding carboxylic acids is 1. The van der Waals surface area contributed by atoms with E-state index in [1.54, 1.807) is 12.1 Å². The Hall–Kier alpha value is -1.81. The number of hydrogen-bond donors (Lipinski definition) is 1. The lowest BCUT2D eigenvalue weighted by molar-refractivity contribution is -0.116. The summed E-state index contributed by atoms with van der Waals surface area (Å²) in [6.45, 7) is 1.88. The van der Waals surface area contributed by atoms with Crippen LogP contribution in [-0.4, -0.2) is 10.9 Å². The number of halogens is 1. The van der Waals surface area contributed by atoms with Gasteiger partial charge in [-0.25, -0.2) is 4.98 Å². The van der Waals surface area contributed by atoms with Gasteiger partial charge in [0.25, 0.3) is 0 Å². The largest absolute Gasteiger partial charge is 0.466 e. The van der Waals surface area contributed by atoms with Gasteiger partial charge in [0.2, 0.25) is 5.91 Å². The molecule has 0 unspecified atom stereocenters. The molecule has 0 radical (unpaired) electrons. The van der Waals surface area contributed by atoms with Crippen LogP contribution < -0.4 is 5.32 Å². The third kappa shape index (κ3) is 3.60. The van der Waals surface area contributed by atoms with Crippen molar-refractivity contribution in [2.75, 3.05) is 5.32 Å². The highest BCUT2D eigenvalue weighted by Gasteiger charge is 2.06. The van der Waals surface area contributed by atoms with Crippen molar-refractivity contribution in [2.45, 2.75) is 19.8 Å². The van der Waals surface area contributed by atoms with Crippen LogP contribution in [0.4, 0.5) is 5.82 Å². The third-order valence-corrected chi connectivity index (χ3v) is 2.61. The Morgan fingerprint density at radius 2 is 2.22 bits per heavy atom. The molecule has 2 aromatic rings. The van der Waals surface area contributed by atoms with Crippen molar-refractivity contribution in [2.24, 2.45) is 0 Å². The van der Waals surface area contributed by atoms with Crippen molar-refractivity contribution in [3.63, 3.8) is 0 Å². The zero-order valence-electron chi connectivity index (χ0n) is 9.94. The van der Waals surface area contributed by atoms with Crippen LogP contribution in [0.15, 0.2) is 34.9 Å². The zero-order chi connectivity index (χ0) is 13.0. The van der Waals surface area contributed by atoms with E-state index in [-0.39, 0.29) is 5.91 Å². The Labute approximate surface area is 110 Å². The molecule has 1 N–H and O–H groups in total. The summed E-state index contributed by atoms with van der Waals surface area (Å²) in [4.78, 5) is 15.6. The molecule has 0 bridgehead atoms. The SMILES string of the molecule is Cc1ccc(CCC(=O)Nc2ccc(Cl)cn2)o1. The molecular weight excluding hydrogens is 252 g/mol. The molecule has 0 saturated heterocycles. The zero-order valence-corrected chi connectivity index (χ0v) is 10.7. The number of nitrogens with one attached hydrogen (secondary N) is 1. The normalized spacial score (nSPS) is 10.3. The Morgan fingerprint density at radius 3 is 2.83 bits per heavy atom. The molecule has 2 heterocycles. The van der Waals surface area contributed by atoms with Crippen LogP contribution in [0.1, 0.15) is 17.9 Å². The maximum atomic E-state index is 11.7. The summed E-state index contributed by atoms with van der Waals surface area (Å²) in [5.74, 6) is 2.07. The molecule has 0 aliphatic heterocycles. The minimum absolute atomic E-state index is 0.0983. The number of nitrogens with zero attached hydrogens (tertiary/aromatic N) is 1. The van der Waals surface area contributed by atoms with Gasteiger partial charge >= 0.3 is 0 Å². The van der Waals surface area contributed by atoms with Crippen molar-refractivity contribution >= 4 is 23.3 Å². The molecule has 0 atom stereocenters. The van der Waals surface area contributed by atoms with Gasteiger partial charge in [0.05, 0.1) is 5.02 Å². The van der Waals surface area contributed by atoms with Crippen molar-refractivity contribution in [3.8, 4) is 0 Å². The van der Waals surface area contributed by atoms with Crippen molar-refractivity contribution in [1.29, 1.82) is 0 Å². The first-order valence-corrected chi connectivity index (χ1v) is 5.98. The van der Waals surface area contributed by atoms with Crippen LogP contribution >= 0.6 is 11.6 Å². The molecule has 0 aliphatic rings. The molecule has 2 rings (SSSR count). The standard InChI is InChI=1S/C13H13ClN2O2/c1-9-2-4-11(18-9)5-7-13(17)16-12-6-3-10(14)8-15-12/h2-4,6,8H,5,7H2,1H3,(H,15,16,17). The summed E-state index contributed by atoms with van der Waals surface area (Å²) in [5, 5.41) is 3.24. The molecular formula is C13H13ClN2O2. The Kier molecular flexibility index (Phi) is 3.99. The highest BCUT2D eigenvalue weighted by molar-refractivity contribution is 6.30. The molecule has 0 fully saturated rings. The number of hydrogen-bond acceptors (Lipinski definition) is 3. The second kappa shape index (κ2) is 5.69. The predicted molar refractivity (Wildman–Crippen MR) is 69.6 cm³/mol. The maximum absolute atomic E-state index is 11.7. The first-order chi connectivity index (χ1) is 8.63. The highest BCUT2D eigenvalue weighted by Crippen LogP contribution is 2.11. The Bertz CT molecular complexity index is 534. The molecule has 2 aromatic heterocycles. The molecule has 18 heavy (non-hydrogen) atoms. The molecule has 5 heteroatoms. The van der Waals surface area contributed by atoms with E-state index in [4.69, 9.17) is 16.0 Å². The fourth-order valence-electron chi connectivity index (χ4n) is 1.51. The van der Waals surface area contributed by atoms with Crippen molar-refractivity contribution < 1.29 is 9.21 Å². The molecule has 4 nitrogen and oxygen atoms in total. The fourth-order valence-corrected chi connectivity index (χ4v) is 1.62. The van der Waals surface area contributed by atoms with Crippen LogP contribution in [0.5, 0.6) is 0 Å². The number of aryl methyl sites for hydroxylation is 2. The number of pyridine rings is 1. The highest BCUT2D eigenvalue weighted by atomic mass is 35.5. The van der Waals surface area contributed by atoms with Gasteiger partial charge in [-0.05, 0) is 31.2 Å². The Morgan fingerprint density at radius 1 is 1.39 bits per heavy atom. The van der Waals surface area contributed by atoms with E-state index in [1.807, 2.05) is 19.1 Å². The van der Waals surface area contributed by atoms with Gasteiger partial charge in [-0.3, -0.25) is 4.79 Å². The summed E-state index contributed by atoms with van der Waals surface area (Å²) < 4.78 is 5.39. The van der Waals surface area contributed by atoms with Gasteiger partial charge < -0.3 is 9.73 Å². The van der Waals surface area contributed by atoms with Crippen molar-refractivity contribution in [3.05, 3.63) is 47.0 Å². The third-order valence-electron chi connectivity index (χ3n) is 2.39. The van der Waals surface area contributed by atoms with Crippen LogP contribution in [0.25, 0.3) is 0 Å². The van der Waals surface area contributed by atoms with E-state index < -0.39 is 0 Å². The van der Waals surface area contributed by atoms with Crippen LogP contribution in [0.3, 0.4) is 0 Å². The number of aromatic nitrogens is 1. The maximum Gasteiger partial charge on any atom is 0.225 e. The topological polar surface area (TPSA) is 55.1 Å². The lowest BCUT2D eigenvalue weighted by Gasteiger charge is -2.03. The second-order valence-corrected chi connectivity index (χ2v) is 4.36. The van der Waals surface area contributed by atoms with Crippen LogP contribution in [0.2, 0.25) is 5.02 Å². The quantitative estimate of drug-likeness (QED) is 0.923. The predicted octanol–water partition coefficient (Wildman–Crippen LogP) is 3.21. The van der Waals surface area contributed by atoms with E-state index in [1.165, 1.54) is 6.20 Å². The first-order valence-electron chi connectivity index (χ1n) is 5.60. The summed E-state index contributed by atoms with van der Waals surface area (Å²) in [6, 6.07) is 7.11. The first kappa shape index (κ1) is 12.6. The van der Waals surface area contributed by atoms with E-state index >= 15 is 0 Å². The van der Waals surface area contributed by atoms with E-state index in [0.29, 0.717) is 23.7 Å². The molecule has 0 spiro atoms. The van der Waals surface area contributed by atoms with E-state index in [2.05, 4.69) is 10.3 Å². The molecule has 1 amide bonds. The average Bonchev–Trinajstić information content (AvgIpc) is 2.76. The van der Waals surface area contributed by atoms with E-state index in [0.717, 1.165) is 11.5 Å². The number of amides is 1. The Balaban J connectivity index is 1.83. The number of furan rings is 1. The average molecular weight is 265 g/mol. The lowest BCUT2D eigenvalue weighted by Crippen LogP contribution is -2.13. The summed E-state index contributed by atoms with van der Waals surface area (Å²) in [6.07, 6.45) is 2.43. The lowest BCUT2D eigenvalue weighted by atomic mass is 10.2. The summed E-state index contributed by atoms with van der Waals surface area (Å²) >= 11 is 5.70. The summed E-state index contributed by atoms with van der Waals surface area (Å²) in [5.41, 5.74) is 0. The van der Waals surface area contributed by atoms with Crippen molar-refractivity contribution in [1.82, 2.24) is 4.98 Å². The minimum atomic E-state index is -0.0983. The fraction of sp³-hybridized carbons (Fsp3) is 0.231. The summed E-state index contributed by atoms with van der Waals surface area (Å²) in [7, 11) is 0. The van der Waals surface area contributed by atoms with Crippen LogP contribution in [0, 0.1) is 6.92 Å². The molecule has 0 aromatic carbocycles. The van der Waals surface area contributed by atoms with Gasteiger partial charge in [-0.1, -0.05) is 11.6 Å². The molecule has 0 saturated carbocycles. The number of anilines is 1. The second-order valence-electron chi connectivity index (χ2n) is 3.92. The number of carbonyl (C=O) groups is 1. The van der Waals surface area contributed by atoms with E-state index in [9.17, 15) is 4.79 Å². The smallest absolute Gasteiger partial charge is 0.225 e. The van der Waals surface area contributed by atoms with Gasteiger partial charge in [-0.15, -0.1) is 0 Å².